The number of carbonyl (C=O) groups excluding carboxylic acids is 1. The van der Waals surface area contributed by atoms with Crippen LogP contribution in [0.1, 0.15) is 42.5 Å². The number of benzene rings is 1. The molecule has 1 aliphatic carbocycles. The molecule has 0 saturated heterocycles. The van der Waals surface area contributed by atoms with Crippen LogP contribution in [0, 0.1) is 5.92 Å². The van der Waals surface area contributed by atoms with E-state index in [0.29, 0.717) is 18.0 Å². The normalized spacial score (nSPS) is 22.5. The molecule has 2 aliphatic rings. The number of fused-ring (bicyclic) bond motifs is 1. The van der Waals surface area contributed by atoms with E-state index in [9.17, 15) is 13.2 Å². The molecular weight excluding hydrogens is 262 g/mol. The third kappa shape index (κ3) is 2.06. The van der Waals surface area contributed by atoms with E-state index in [1.807, 2.05) is 0 Å². The zero-order chi connectivity index (χ0) is 13.5. The van der Waals surface area contributed by atoms with Crippen molar-refractivity contribution in [3.8, 4) is 0 Å². The van der Waals surface area contributed by atoms with Crippen molar-refractivity contribution < 1.29 is 13.2 Å². The van der Waals surface area contributed by atoms with Crippen LogP contribution >= 0.6 is 0 Å². The summed E-state index contributed by atoms with van der Waals surface area (Å²) in [7, 11) is -3.61. The molecule has 0 spiro atoms. The lowest BCUT2D eigenvalue weighted by Gasteiger charge is -2.25. The van der Waals surface area contributed by atoms with Crippen molar-refractivity contribution in [3.05, 3.63) is 29.8 Å². The molecule has 19 heavy (non-hydrogen) atoms. The second-order valence-electron chi connectivity index (χ2n) is 5.34. The Balaban J connectivity index is 1.90. The van der Waals surface area contributed by atoms with Gasteiger partial charge in [0.05, 0.1) is 5.56 Å². The highest BCUT2D eigenvalue weighted by molar-refractivity contribution is 7.90. The maximum atomic E-state index is 12.4. The molecule has 1 heterocycles. The molecule has 1 aromatic carbocycles. The van der Waals surface area contributed by atoms with Crippen LogP contribution in [-0.4, -0.2) is 25.2 Å². The predicted molar refractivity (Wildman–Crippen MR) is 71.2 cm³/mol. The third-order valence-electron chi connectivity index (χ3n) is 4.06. The summed E-state index contributed by atoms with van der Waals surface area (Å²) in [5.41, 5.74) is 0.318. The summed E-state index contributed by atoms with van der Waals surface area (Å²) in [6.07, 6.45) is 5.54. The van der Waals surface area contributed by atoms with Crippen LogP contribution in [-0.2, 0) is 10.0 Å². The fraction of sp³-hybridized carbons (Fsp3) is 0.500. The number of nitrogens with zero attached hydrogens (tertiary/aromatic N) is 1. The lowest BCUT2D eigenvalue weighted by molar-refractivity contribution is 0.0849. The van der Waals surface area contributed by atoms with Gasteiger partial charge in [-0.2, -0.15) is 0 Å². The molecule has 0 radical (unpaired) electrons. The predicted octanol–water partition coefficient (Wildman–Crippen LogP) is 2.41. The number of hydrogen-bond acceptors (Lipinski definition) is 3. The van der Waals surface area contributed by atoms with E-state index in [1.165, 1.54) is 12.5 Å². The van der Waals surface area contributed by atoms with Gasteiger partial charge in [0.25, 0.3) is 15.9 Å². The number of sulfonamides is 1. The maximum Gasteiger partial charge on any atom is 0.269 e. The number of rotatable bonds is 2. The lowest BCUT2D eigenvalue weighted by atomic mass is 9.89. The Labute approximate surface area is 113 Å². The second-order valence-corrected chi connectivity index (χ2v) is 7.17. The number of carbonyl (C=O) groups is 1. The molecule has 0 N–H and O–H groups in total. The molecule has 4 nitrogen and oxygen atoms in total. The zero-order valence-corrected chi connectivity index (χ0v) is 11.5. The molecule has 1 aliphatic heterocycles. The van der Waals surface area contributed by atoms with Crippen LogP contribution in [0.4, 0.5) is 0 Å². The first-order valence-electron chi connectivity index (χ1n) is 6.77. The smallest absolute Gasteiger partial charge is 0.268 e. The highest BCUT2D eigenvalue weighted by Crippen LogP contribution is 2.33. The van der Waals surface area contributed by atoms with Gasteiger partial charge in [0.1, 0.15) is 4.90 Å². The molecule has 5 heteroatoms. The van der Waals surface area contributed by atoms with Crippen molar-refractivity contribution in [3.63, 3.8) is 0 Å². The van der Waals surface area contributed by atoms with Gasteiger partial charge in [0, 0.05) is 6.54 Å². The number of hydrogen-bond donors (Lipinski definition) is 0. The SMILES string of the molecule is O=C1c2ccccc2S(=O)(=O)N1CC1CCCCC1. The van der Waals surface area contributed by atoms with Crippen molar-refractivity contribution in [2.75, 3.05) is 6.54 Å². The first-order valence-corrected chi connectivity index (χ1v) is 8.21. The molecule has 1 amide bonds. The quantitative estimate of drug-likeness (QED) is 0.835. The van der Waals surface area contributed by atoms with Gasteiger partial charge in [-0.05, 0) is 30.9 Å². The molecule has 1 saturated carbocycles. The summed E-state index contributed by atoms with van der Waals surface area (Å²) in [5, 5.41) is 0. The van der Waals surface area contributed by atoms with Gasteiger partial charge >= 0.3 is 0 Å². The van der Waals surface area contributed by atoms with Crippen LogP contribution < -0.4 is 0 Å². The van der Waals surface area contributed by atoms with Crippen molar-refractivity contribution in [1.82, 2.24) is 4.31 Å². The highest BCUT2D eigenvalue weighted by atomic mass is 32.2. The van der Waals surface area contributed by atoms with Crippen LogP contribution in [0.2, 0.25) is 0 Å². The fourth-order valence-corrected chi connectivity index (χ4v) is 4.66. The highest BCUT2D eigenvalue weighted by Gasteiger charge is 2.41. The molecule has 102 valence electrons. The molecule has 0 unspecified atom stereocenters. The zero-order valence-electron chi connectivity index (χ0n) is 10.7. The minimum Gasteiger partial charge on any atom is -0.268 e. The van der Waals surface area contributed by atoms with Crippen molar-refractivity contribution >= 4 is 15.9 Å². The summed E-state index contributed by atoms with van der Waals surface area (Å²) < 4.78 is 25.8. The number of amides is 1. The third-order valence-corrected chi connectivity index (χ3v) is 5.87. The Kier molecular flexibility index (Phi) is 3.09. The average Bonchev–Trinajstić information content (AvgIpc) is 2.62. The Morgan fingerprint density at radius 1 is 1.11 bits per heavy atom. The summed E-state index contributed by atoms with van der Waals surface area (Å²) in [6, 6.07) is 6.48. The van der Waals surface area contributed by atoms with E-state index >= 15 is 0 Å². The van der Waals surface area contributed by atoms with E-state index in [1.54, 1.807) is 18.2 Å². The molecular formula is C14H17NO3S. The van der Waals surface area contributed by atoms with Crippen LogP contribution in [0.3, 0.4) is 0 Å². The lowest BCUT2D eigenvalue weighted by Crippen LogP contribution is -2.35. The van der Waals surface area contributed by atoms with E-state index in [2.05, 4.69) is 0 Å². The molecule has 1 aromatic rings. The van der Waals surface area contributed by atoms with Gasteiger partial charge in [-0.1, -0.05) is 31.4 Å². The standard InChI is InChI=1S/C14H17NO3S/c16-14-12-8-4-5-9-13(12)19(17,18)15(14)10-11-6-2-1-3-7-11/h4-5,8-9,11H,1-3,6-7,10H2. The molecule has 0 bridgehead atoms. The monoisotopic (exact) mass is 279 g/mol. The molecule has 3 rings (SSSR count). The van der Waals surface area contributed by atoms with Crippen molar-refractivity contribution in [2.24, 2.45) is 5.92 Å². The molecule has 0 aromatic heterocycles. The average molecular weight is 279 g/mol. The minimum atomic E-state index is -3.61. The van der Waals surface area contributed by atoms with Crippen molar-refractivity contribution in [1.29, 1.82) is 0 Å². The summed E-state index contributed by atoms with van der Waals surface area (Å²) in [5.74, 6) is -0.0389. The van der Waals surface area contributed by atoms with E-state index < -0.39 is 10.0 Å². The summed E-state index contributed by atoms with van der Waals surface area (Å²) in [6.45, 7) is 0.343. The maximum absolute atomic E-state index is 12.4. The summed E-state index contributed by atoms with van der Waals surface area (Å²) >= 11 is 0. The van der Waals surface area contributed by atoms with E-state index in [0.717, 1.165) is 30.0 Å². The Bertz CT molecular complexity index is 603. The first kappa shape index (κ1) is 12.7. The minimum absolute atomic E-state index is 0.163. The first-order chi connectivity index (χ1) is 9.10. The van der Waals surface area contributed by atoms with Gasteiger partial charge in [-0.25, -0.2) is 12.7 Å². The van der Waals surface area contributed by atoms with Gasteiger partial charge in [0.15, 0.2) is 0 Å². The summed E-state index contributed by atoms with van der Waals surface area (Å²) in [4.78, 5) is 12.4. The Morgan fingerprint density at radius 3 is 2.47 bits per heavy atom. The van der Waals surface area contributed by atoms with Gasteiger partial charge in [0.2, 0.25) is 0 Å². The topological polar surface area (TPSA) is 54.5 Å². The van der Waals surface area contributed by atoms with Crippen molar-refractivity contribution in [2.45, 2.75) is 37.0 Å². The molecule has 0 atom stereocenters. The van der Waals surface area contributed by atoms with Crippen LogP contribution in [0.5, 0.6) is 0 Å². The Hall–Kier alpha value is -1.36. The van der Waals surface area contributed by atoms with Crippen LogP contribution in [0.15, 0.2) is 29.2 Å². The van der Waals surface area contributed by atoms with E-state index in [4.69, 9.17) is 0 Å². The Morgan fingerprint density at radius 2 is 1.79 bits per heavy atom. The van der Waals surface area contributed by atoms with Gasteiger partial charge in [-0.15, -0.1) is 0 Å². The molecule has 1 fully saturated rings. The van der Waals surface area contributed by atoms with E-state index in [-0.39, 0.29) is 10.8 Å². The van der Waals surface area contributed by atoms with Crippen LogP contribution in [0.25, 0.3) is 0 Å². The second kappa shape index (κ2) is 4.63. The largest absolute Gasteiger partial charge is 0.269 e. The fourth-order valence-electron chi connectivity index (χ4n) is 3.02. The van der Waals surface area contributed by atoms with Gasteiger partial charge in [-0.3, -0.25) is 4.79 Å². The van der Waals surface area contributed by atoms with Gasteiger partial charge < -0.3 is 0 Å².